The number of nitrogen functional groups attached to an aromatic ring is 1. The number of anilines is 2. The van der Waals surface area contributed by atoms with Crippen LogP contribution in [0.1, 0.15) is 38.7 Å². The van der Waals surface area contributed by atoms with Crippen molar-refractivity contribution in [2.24, 2.45) is 5.41 Å². The maximum absolute atomic E-state index is 15.1. The number of nitrogens with zero attached hydrogens (tertiary/aromatic N) is 5. The molecule has 3 aromatic heterocycles. The van der Waals surface area contributed by atoms with E-state index in [0.717, 1.165) is 24.0 Å². The van der Waals surface area contributed by atoms with Gasteiger partial charge in [-0.2, -0.15) is 18.2 Å². The topological polar surface area (TPSA) is 97.4 Å². The van der Waals surface area contributed by atoms with Gasteiger partial charge in [0.25, 0.3) is 0 Å². The van der Waals surface area contributed by atoms with Crippen LogP contribution in [0.15, 0.2) is 33.8 Å². The highest BCUT2D eigenvalue weighted by Gasteiger charge is 2.44. The third-order valence-corrected chi connectivity index (χ3v) is 12.4. The molecule has 5 heterocycles. The summed E-state index contributed by atoms with van der Waals surface area (Å²) in [6, 6.07) is 0.628. The Hall–Kier alpha value is -3.10. The summed E-state index contributed by atoms with van der Waals surface area (Å²) in [4.78, 5) is 39.7. The van der Waals surface area contributed by atoms with E-state index in [2.05, 4.69) is 16.5 Å². The third kappa shape index (κ3) is 4.47. The minimum absolute atomic E-state index is 0.0557. The number of halogens is 3. The van der Waals surface area contributed by atoms with Crippen molar-refractivity contribution in [2.75, 3.05) is 29.5 Å². The van der Waals surface area contributed by atoms with Crippen molar-refractivity contribution in [3.05, 3.63) is 40.1 Å². The molecule has 7 rings (SSSR count). The van der Waals surface area contributed by atoms with Crippen LogP contribution in [0.5, 0.6) is 0 Å². The van der Waals surface area contributed by atoms with Crippen LogP contribution in [0, 0.1) is 5.41 Å². The third-order valence-electron chi connectivity index (χ3n) is 8.98. The summed E-state index contributed by atoms with van der Waals surface area (Å²) in [5, 5.41) is 2.38. The maximum atomic E-state index is 15.1. The Kier molecular flexibility index (Phi) is 6.64. The van der Waals surface area contributed by atoms with E-state index in [0.29, 0.717) is 56.7 Å². The molecule has 0 radical (unpaired) electrons. The van der Waals surface area contributed by atoms with Crippen molar-refractivity contribution in [2.45, 2.75) is 62.8 Å². The Bertz CT molecular complexity index is 1860. The van der Waals surface area contributed by atoms with Crippen molar-refractivity contribution in [3.63, 3.8) is 0 Å². The first kappa shape index (κ1) is 28.7. The first-order chi connectivity index (χ1) is 20.4. The van der Waals surface area contributed by atoms with Crippen LogP contribution in [0.25, 0.3) is 31.6 Å². The second-order valence-corrected chi connectivity index (χ2v) is 14.8. The van der Waals surface area contributed by atoms with Gasteiger partial charge in [0.1, 0.15) is 11.3 Å². The Balaban J connectivity index is 1.52. The van der Waals surface area contributed by atoms with Gasteiger partial charge in [-0.3, -0.25) is 9.36 Å². The van der Waals surface area contributed by atoms with E-state index in [9.17, 15) is 9.59 Å². The SMILES string of the molecule is C=CC(=O)N1[C@H](C)CN(c2nc(=O)n3c4c(c(-c5scc6sc(N)nc56)c(C(F)(F)F)cc24)SCC2(CCC2)C3)C[C@@H]1C. The number of carbonyl (C=O) groups excluding carboxylic acids is 1. The molecule has 0 bridgehead atoms. The van der Waals surface area contributed by atoms with Crippen LogP contribution in [-0.4, -0.2) is 56.3 Å². The fraction of sp³-hybridized carbons (Fsp3) is 0.448. The lowest BCUT2D eigenvalue weighted by molar-refractivity contribution is -0.137. The summed E-state index contributed by atoms with van der Waals surface area (Å²) in [6.07, 6.45) is -0.584. The molecule has 2 fully saturated rings. The van der Waals surface area contributed by atoms with E-state index < -0.39 is 17.4 Å². The van der Waals surface area contributed by atoms with E-state index in [4.69, 9.17) is 5.73 Å². The van der Waals surface area contributed by atoms with Gasteiger partial charge in [0.05, 0.1) is 20.7 Å². The van der Waals surface area contributed by atoms with Crippen molar-refractivity contribution in [3.8, 4) is 10.4 Å². The quantitative estimate of drug-likeness (QED) is 0.264. The first-order valence-corrected chi connectivity index (χ1v) is 16.7. The average molecular weight is 647 g/mol. The summed E-state index contributed by atoms with van der Waals surface area (Å²) in [6.45, 7) is 8.41. The molecule has 1 amide bonds. The lowest BCUT2D eigenvalue weighted by Crippen LogP contribution is -2.58. The number of alkyl halides is 3. The van der Waals surface area contributed by atoms with Gasteiger partial charge in [-0.25, -0.2) is 9.78 Å². The molecule has 43 heavy (non-hydrogen) atoms. The predicted molar refractivity (Wildman–Crippen MR) is 167 cm³/mol. The van der Waals surface area contributed by atoms with Gasteiger partial charge >= 0.3 is 11.9 Å². The normalized spacial score (nSPS) is 21.8. The summed E-state index contributed by atoms with van der Waals surface area (Å²) in [7, 11) is 0. The first-order valence-electron chi connectivity index (χ1n) is 14.1. The van der Waals surface area contributed by atoms with Gasteiger partial charge in [0.15, 0.2) is 5.13 Å². The molecule has 8 nitrogen and oxygen atoms in total. The monoisotopic (exact) mass is 646 g/mol. The second kappa shape index (κ2) is 9.96. The molecule has 1 aromatic carbocycles. The Morgan fingerprint density at radius 3 is 2.56 bits per heavy atom. The van der Waals surface area contributed by atoms with Gasteiger partial charge in [0, 0.05) is 58.7 Å². The van der Waals surface area contributed by atoms with Gasteiger partial charge < -0.3 is 15.5 Å². The average Bonchev–Trinajstić information content (AvgIpc) is 3.41. The molecular weight excluding hydrogens is 618 g/mol. The van der Waals surface area contributed by atoms with Crippen LogP contribution < -0.4 is 16.3 Å². The Labute approximate surface area is 257 Å². The van der Waals surface area contributed by atoms with Crippen LogP contribution in [0.4, 0.5) is 24.1 Å². The zero-order valence-corrected chi connectivity index (χ0v) is 26.0. The summed E-state index contributed by atoms with van der Waals surface area (Å²) < 4.78 is 47.6. The van der Waals surface area contributed by atoms with Crippen molar-refractivity contribution < 1.29 is 18.0 Å². The zero-order valence-electron chi connectivity index (χ0n) is 23.5. The number of thiazole rings is 1. The number of benzene rings is 1. The van der Waals surface area contributed by atoms with E-state index in [1.54, 1.807) is 14.8 Å². The number of hydrogen-bond donors (Lipinski definition) is 1. The molecule has 226 valence electrons. The number of hydrogen-bond acceptors (Lipinski definition) is 9. The molecule has 14 heteroatoms. The molecule has 4 aromatic rings. The molecule has 1 spiro atoms. The maximum Gasteiger partial charge on any atom is 0.417 e. The van der Waals surface area contributed by atoms with Crippen LogP contribution >= 0.6 is 34.4 Å². The van der Waals surface area contributed by atoms with Crippen LogP contribution in [-0.2, 0) is 17.5 Å². The number of fused-ring (bicyclic) bond motifs is 1. The van der Waals surface area contributed by atoms with E-state index in [1.807, 2.05) is 18.7 Å². The number of nitrogens with two attached hydrogens (primary N) is 1. The minimum atomic E-state index is -4.69. The number of amides is 1. The lowest BCUT2D eigenvalue weighted by Gasteiger charge is -2.45. The molecule has 2 aliphatic heterocycles. The second-order valence-electron chi connectivity index (χ2n) is 11.9. The minimum Gasteiger partial charge on any atom is -0.375 e. The highest BCUT2D eigenvalue weighted by Crippen LogP contribution is 2.55. The molecule has 2 N–H and O–H groups in total. The lowest BCUT2D eigenvalue weighted by atomic mass is 9.70. The van der Waals surface area contributed by atoms with Gasteiger partial charge in [-0.15, -0.1) is 23.1 Å². The van der Waals surface area contributed by atoms with E-state index >= 15 is 13.2 Å². The number of carbonyl (C=O) groups is 1. The summed E-state index contributed by atoms with van der Waals surface area (Å²) >= 11 is 3.87. The van der Waals surface area contributed by atoms with Gasteiger partial charge in [0.2, 0.25) is 5.91 Å². The Morgan fingerprint density at radius 2 is 1.93 bits per heavy atom. The number of rotatable bonds is 3. The standard InChI is InChI=1S/C29H29F3N6O2S3/c1-4-19(39)38-14(2)9-36(10-15(38)3)25-16-8-17(29(30,31)32)20(23-21-18(11-41-23)43-26(33)34-21)24-22(16)37(27(40)35-25)12-28(13-42-24)6-5-7-28/h4,8,11,14-15H,1,5-7,9-10,12-13H2,2-3H3,(H2,33,34)/t14-,15+. The highest BCUT2D eigenvalue weighted by atomic mass is 32.2. The largest absolute Gasteiger partial charge is 0.417 e. The van der Waals surface area contributed by atoms with Gasteiger partial charge in [-0.05, 0) is 44.2 Å². The van der Waals surface area contributed by atoms with Crippen LogP contribution in [0.3, 0.4) is 0 Å². The van der Waals surface area contributed by atoms with E-state index in [1.165, 1.54) is 46.6 Å². The summed E-state index contributed by atoms with van der Waals surface area (Å²) in [5.41, 5.74) is 5.54. The molecule has 0 unspecified atom stereocenters. The molecule has 2 atom stereocenters. The fourth-order valence-corrected chi connectivity index (χ4v) is 10.5. The van der Waals surface area contributed by atoms with Crippen molar-refractivity contribution in [1.82, 2.24) is 19.4 Å². The molecule has 1 saturated carbocycles. The number of thiophene rings is 1. The summed E-state index contributed by atoms with van der Waals surface area (Å²) in [5.74, 6) is 0.618. The van der Waals surface area contributed by atoms with E-state index in [-0.39, 0.29) is 34.8 Å². The van der Waals surface area contributed by atoms with Crippen molar-refractivity contribution >= 4 is 72.4 Å². The number of piperazine rings is 1. The van der Waals surface area contributed by atoms with Gasteiger partial charge in [-0.1, -0.05) is 24.3 Å². The predicted octanol–water partition coefficient (Wildman–Crippen LogP) is 6.22. The molecular formula is C29H29F3N6O2S3. The number of aromatic nitrogens is 3. The molecule has 3 aliphatic rings. The fourth-order valence-electron chi connectivity index (χ4n) is 6.93. The highest BCUT2D eigenvalue weighted by molar-refractivity contribution is 7.99. The van der Waals surface area contributed by atoms with Crippen molar-refractivity contribution in [1.29, 1.82) is 0 Å². The Morgan fingerprint density at radius 1 is 1.21 bits per heavy atom. The number of thioether (sulfide) groups is 1. The smallest absolute Gasteiger partial charge is 0.375 e. The molecule has 1 aliphatic carbocycles. The van der Waals surface area contributed by atoms with Crippen LogP contribution in [0.2, 0.25) is 0 Å². The zero-order chi connectivity index (χ0) is 30.4. The molecule has 1 saturated heterocycles.